The lowest BCUT2D eigenvalue weighted by molar-refractivity contribution is -0.137. The second kappa shape index (κ2) is 5.59. The monoisotopic (exact) mass is 327 g/mol. The van der Waals surface area contributed by atoms with Crippen LogP contribution in [-0.4, -0.2) is 20.5 Å². The number of nitrogens with zero attached hydrogens (tertiary/aromatic N) is 4. The number of nitrogen functional groups attached to an aromatic ring is 1. The van der Waals surface area contributed by atoms with Crippen LogP contribution in [0, 0.1) is 0 Å². The molecule has 0 amide bonds. The number of hydrogen-bond donors (Lipinski definition) is 1. The van der Waals surface area contributed by atoms with Crippen molar-refractivity contribution in [2.75, 3.05) is 5.73 Å². The molecule has 3 rings (SSSR count). The Bertz CT molecular complexity index is 814. The normalized spacial score (nSPS) is 11.6. The van der Waals surface area contributed by atoms with Gasteiger partial charge in [0.1, 0.15) is 5.75 Å². The fourth-order valence-electron chi connectivity index (χ4n) is 1.67. The Labute approximate surface area is 126 Å². The van der Waals surface area contributed by atoms with Crippen molar-refractivity contribution in [2.24, 2.45) is 0 Å². The molecular weight excluding hydrogens is 319 g/mol. The Hall–Kier alpha value is -3.11. The highest BCUT2D eigenvalue weighted by atomic mass is 19.4. The summed E-state index contributed by atoms with van der Waals surface area (Å²) in [4.78, 5) is 3.93. The molecule has 0 spiro atoms. The molecule has 0 saturated carbocycles. The van der Waals surface area contributed by atoms with Crippen molar-refractivity contribution in [1.82, 2.24) is 20.5 Å². The highest BCUT2D eigenvalue weighted by molar-refractivity contribution is 5.61. The number of alkyl halides is 3. The van der Waals surface area contributed by atoms with Gasteiger partial charge in [0.15, 0.2) is 18.1 Å². The largest absolute Gasteiger partial charge is 0.484 e. The minimum atomic E-state index is -4.45. The maximum Gasteiger partial charge on any atom is 0.416 e. The van der Waals surface area contributed by atoms with Crippen LogP contribution in [0.2, 0.25) is 0 Å². The van der Waals surface area contributed by atoms with Crippen molar-refractivity contribution in [3.8, 4) is 17.3 Å². The molecule has 0 aliphatic rings. The number of nitrogens with two attached hydrogens (primary N) is 1. The molecule has 0 radical (unpaired) electrons. The zero-order valence-electron chi connectivity index (χ0n) is 11.2. The van der Waals surface area contributed by atoms with Gasteiger partial charge in [0.05, 0.1) is 5.56 Å². The van der Waals surface area contributed by atoms with E-state index in [-0.39, 0.29) is 35.6 Å². The minimum Gasteiger partial charge on any atom is -0.484 e. The highest BCUT2D eigenvalue weighted by Crippen LogP contribution is 2.31. The second-order valence-corrected chi connectivity index (χ2v) is 4.32. The Morgan fingerprint density at radius 2 is 2.00 bits per heavy atom. The van der Waals surface area contributed by atoms with Gasteiger partial charge < -0.3 is 15.0 Å². The summed E-state index contributed by atoms with van der Waals surface area (Å²) in [5.41, 5.74) is 4.76. The molecule has 0 atom stereocenters. The van der Waals surface area contributed by atoms with E-state index in [1.807, 2.05) is 0 Å². The number of benzene rings is 1. The average molecular weight is 327 g/mol. The maximum absolute atomic E-state index is 12.6. The molecule has 2 N–H and O–H groups in total. The summed E-state index contributed by atoms with van der Waals surface area (Å²) in [6.45, 7) is -0.223. The van der Waals surface area contributed by atoms with Crippen LogP contribution in [0.4, 0.5) is 19.0 Å². The number of aromatic nitrogens is 4. The van der Waals surface area contributed by atoms with Crippen LogP contribution in [0.15, 0.2) is 33.4 Å². The number of halogens is 3. The van der Waals surface area contributed by atoms with Crippen molar-refractivity contribution < 1.29 is 27.1 Å². The van der Waals surface area contributed by atoms with Gasteiger partial charge in [-0.1, -0.05) is 11.2 Å². The molecule has 120 valence electrons. The molecule has 2 heterocycles. The molecule has 1 aromatic carbocycles. The first kappa shape index (κ1) is 14.8. The van der Waals surface area contributed by atoms with E-state index in [4.69, 9.17) is 15.0 Å². The van der Waals surface area contributed by atoms with Crippen LogP contribution in [0.3, 0.4) is 0 Å². The van der Waals surface area contributed by atoms with E-state index in [0.717, 1.165) is 12.1 Å². The fourth-order valence-corrected chi connectivity index (χ4v) is 1.67. The molecule has 23 heavy (non-hydrogen) atoms. The van der Waals surface area contributed by atoms with E-state index >= 15 is 0 Å². The summed E-state index contributed by atoms with van der Waals surface area (Å²) >= 11 is 0. The summed E-state index contributed by atoms with van der Waals surface area (Å²) < 4.78 is 52.3. The molecular formula is C12H8F3N5O3. The van der Waals surface area contributed by atoms with Crippen LogP contribution >= 0.6 is 0 Å². The third-order valence-corrected chi connectivity index (χ3v) is 2.72. The lowest BCUT2D eigenvalue weighted by Gasteiger charge is -2.08. The van der Waals surface area contributed by atoms with Crippen LogP contribution in [0.1, 0.15) is 11.5 Å². The number of rotatable bonds is 4. The SMILES string of the molecule is Nc1nonc1-c1noc(COc2cccc(C(F)(F)F)c2)n1. The molecule has 0 saturated heterocycles. The standard InChI is InChI=1S/C12H8F3N5O3/c13-12(14,15)6-2-1-3-7(4-6)21-5-8-17-11(20-22-8)9-10(16)19-23-18-9/h1-4H,5H2,(H2,16,19). The Morgan fingerprint density at radius 3 is 2.70 bits per heavy atom. The van der Waals surface area contributed by atoms with E-state index in [1.165, 1.54) is 12.1 Å². The number of ether oxygens (including phenoxy) is 1. The zero-order chi connectivity index (χ0) is 16.4. The summed E-state index contributed by atoms with van der Waals surface area (Å²) in [5, 5.41) is 10.5. The van der Waals surface area contributed by atoms with Crippen molar-refractivity contribution in [1.29, 1.82) is 0 Å². The van der Waals surface area contributed by atoms with Crippen LogP contribution in [0.25, 0.3) is 11.5 Å². The Balaban J connectivity index is 1.70. The summed E-state index contributed by atoms with van der Waals surface area (Å²) in [5.74, 6) is 0.0598. The number of anilines is 1. The van der Waals surface area contributed by atoms with Gasteiger partial charge in [-0.3, -0.25) is 0 Å². The summed E-state index contributed by atoms with van der Waals surface area (Å²) in [6, 6.07) is 4.43. The smallest absolute Gasteiger partial charge is 0.416 e. The molecule has 0 bridgehead atoms. The van der Waals surface area contributed by atoms with Crippen LogP contribution in [-0.2, 0) is 12.8 Å². The van der Waals surface area contributed by atoms with Gasteiger partial charge in [-0.15, -0.1) is 0 Å². The van der Waals surface area contributed by atoms with Gasteiger partial charge >= 0.3 is 6.18 Å². The third-order valence-electron chi connectivity index (χ3n) is 2.72. The molecule has 0 aliphatic heterocycles. The fraction of sp³-hybridized carbons (Fsp3) is 0.167. The molecule has 3 aromatic rings. The highest BCUT2D eigenvalue weighted by Gasteiger charge is 2.30. The van der Waals surface area contributed by atoms with E-state index in [1.54, 1.807) is 0 Å². The number of hydrogen-bond acceptors (Lipinski definition) is 8. The lowest BCUT2D eigenvalue weighted by atomic mass is 10.2. The average Bonchev–Trinajstić information content (AvgIpc) is 3.13. The Morgan fingerprint density at radius 1 is 1.17 bits per heavy atom. The van der Waals surface area contributed by atoms with Gasteiger partial charge in [-0.05, 0) is 28.5 Å². The van der Waals surface area contributed by atoms with Crippen molar-refractivity contribution in [3.05, 3.63) is 35.7 Å². The quantitative estimate of drug-likeness (QED) is 0.776. The summed E-state index contributed by atoms with van der Waals surface area (Å²) in [7, 11) is 0. The van der Waals surface area contributed by atoms with Crippen molar-refractivity contribution in [3.63, 3.8) is 0 Å². The van der Waals surface area contributed by atoms with E-state index in [0.29, 0.717) is 0 Å². The van der Waals surface area contributed by atoms with Crippen molar-refractivity contribution >= 4 is 5.82 Å². The molecule has 2 aromatic heterocycles. The van der Waals surface area contributed by atoms with Crippen LogP contribution in [0.5, 0.6) is 5.75 Å². The predicted molar refractivity (Wildman–Crippen MR) is 67.8 cm³/mol. The van der Waals surface area contributed by atoms with Gasteiger partial charge in [0, 0.05) is 0 Å². The third kappa shape index (κ3) is 3.22. The predicted octanol–water partition coefficient (Wildman–Crippen LogP) is 2.30. The van der Waals surface area contributed by atoms with Gasteiger partial charge in [0.25, 0.3) is 5.89 Å². The van der Waals surface area contributed by atoms with Crippen LogP contribution < -0.4 is 10.5 Å². The van der Waals surface area contributed by atoms with E-state index < -0.39 is 11.7 Å². The molecule has 8 nitrogen and oxygen atoms in total. The van der Waals surface area contributed by atoms with E-state index in [9.17, 15) is 13.2 Å². The zero-order valence-corrected chi connectivity index (χ0v) is 11.2. The first-order valence-electron chi connectivity index (χ1n) is 6.14. The Kier molecular flexibility index (Phi) is 3.60. The second-order valence-electron chi connectivity index (χ2n) is 4.32. The van der Waals surface area contributed by atoms with Gasteiger partial charge in [-0.2, -0.15) is 18.2 Å². The van der Waals surface area contributed by atoms with Gasteiger partial charge in [0.2, 0.25) is 5.82 Å². The first-order valence-corrected chi connectivity index (χ1v) is 6.14. The molecule has 0 fully saturated rings. The van der Waals surface area contributed by atoms with E-state index in [2.05, 4.69) is 25.1 Å². The van der Waals surface area contributed by atoms with Crippen molar-refractivity contribution in [2.45, 2.75) is 12.8 Å². The van der Waals surface area contributed by atoms with Gasteiger partial charge in [-0.25, -0.2) is 4.63 Å². The molecule has 0 unspecified atom stereocenters. The summed E-state index contributed by atoms with van der Waals surface area (Å²) in [6.07, 6.45) is -4.45. The molecule has 11 heteroatoms. The first-order chi connectivity index (χ1) is 10.9. The topological polar surface area (TPSA) is 113 Å². The lowest BCUT2D eigenvalue weighted by Crippen LogP contribution is -2.05. The maximum atomic E-state index is 12.6. The molecule has 0 aliphatic carbocycles. The minimum absolute atomic E-state index is 0.0159.